The normalized spacial score (nSPS) is 21.7. The van der Waals surface area contributed by atoms with Gasteiger partial charge in [0.2, 0.25) is 5.43 Å². The van der Waals surface area contributed by atoms with Crippen LogP contribution in [0, 0.1) is 29.3 Å². The monoisotopic (exact) mass is 447 g/mol. The number of rotatable bonds is 4. The van der Waals surface area contributed by atoms with E-state index in [1.165, 1.54) is 6.07 Å². The zero-order chi connectivity index (χ0) is 22.7. The Hall–Kier alpha value is -3.40. The Kier molecular flexibility index (Phi) is 4.70. The lowest BCUT2D eigenvalue weighted by Crippen LogP contribution is -2.30. The first-order chi connectivity index (χ1) is 15.3. The van der Waals surface area contributed by atoms with Gasteiger partial charge in [-0.2, -0.15) is 0 Å². The first kappa shape index (κ1) is 20.5. The van der Waals surface area contributed by atoms with Gasteiger partial charge in [-0.3, -0.25) is 4.79 Å². The summed E-state index contributed by atoms with van der Waals surface area (Å²) in [5, 5.41) is 2.95. The second-order valence-electron chi connectivity index (χ2n) is 8.07. The maximum atomic E-state index is 15.0. The molecule has 3 atom stereocenters. The van der Waals surface area contributed by atoms with Gasteiger partial charge in [0, 0.05) is 41.3 Å². The van der Waals surface area contributed by atoms with E-state index in [1.54, 1.807) is 0 Å². The van der Waals surface area contributed by atoms with Gasteiger partial charge in [0.1, 0.15) is 23.0 Å². The minimum atomic E-state index is -1.60. The number of piperidine rings is 1. The van der Waals surface area contributed by atoms with Crippen LogP contribution in [-0.2, 0) is 4.94 Å². The Morgan fingerprint density at radius 2 is 1.75 bits per heavy atom. The number of carbonyl (C=O) groups excluding carboxylic acids is 1. The fourth-order valence-electron chi connectivity index (χ4n) is 4.79. The lowest BCUT2D eigenvalue weighted by molar-refractivity contribution is -0.0789. The van der Waals surface area contributed by atoms with E-state index < -0.39 is 34.4 Å². The maximum absolute atomic E-state index is 15.0. The summed E-state index contributed by atoms with van der Waals surface area (Å²) in [4.78, 5) is 29.6. The standard InChI is InChI=1S/C22H17F4N3O3/c1-27-20-12-7-28(8-13(12)20)19-6-18-11(5-16(19)25)21(30)14(22(31)32-26)9-29(18)17-3-2-10(23)4-15(17)24/h2-6,9,12-13,20,27H,7-8H2,1H3/t12-,13+,20?. The molecule has 2 heterocycles. The molecule has 0 spiro atoms. The number of pyridine rings is 1. The van der Waals surface area contributed by atoms with Gasteiger partial charge in [-0.1, -0.05) is 0 Å². The fraction of sp³-hybridized carbons (Fsp3) is 0.273. The van der Waals surface area contributed by atoms with Crippen molar-refractivity contribution < 1.29 is 27.4 Å². The number of hydrogen-bond acceptors (Lipinski definition) is 5. The van der Waals surface area contributed by atoms with Crippen LogP contribution in [0.4, 0.5) is 23.4 Å². The summed E-state index contributed by atoms with van der Waals surface area (Å²) in [6.45, 7) is 1.22. The summed E-state index contributed by atoms with van der Waals surface area (Å²) >= 11 is 0. The molecule has 1 N–H and O–H groups in total. The molecule has 2 aromatic carbocycles. The van der Waals surface area contributed by atoms with Crippen molar-refractivity contribution in [3.63, 3.8) is 0 Å². The molecule has 1 unspecified atom stereocenters. The van der Waals surface area contributed by atoms with Crippen molar-refractivity contribution in [2.24, 2.45) is 11.8 Å². The summed E-state index contributed by atoms with van der Waals surface area (Å²) in [6.07, 6.45) is 0.906. The van der Waals surface area contributed by atoms with Crippen LogP contribution in [-0.4, -0.2) is 36.7 Å². The fourth-order valence-corrected chi connectivity index (χ4v) is 4.79. The molecule has 0 amide bonds. The molecule has 5 rings (SSSR count). The van der Waals surface area contributed by atoms with Crippen molar-refractivity contribution in [3.05, 3.63) is 69.8 Å². The molecule has 2 fully saturated rings. The topological polar surface area (TPSA) is 63.6 Å². The Morgan fingerprint density at radius 3 is 2.38 bits per heavy atom. The molecule has 1 aromatic heterocycles. The molecule has 1 saturated heterocycles. The zero-order valence-electron chi connectivity index (χ0n) is 16.7. The quantitative estimate of drug-likeness (QED) is 0.623. The number of anilines is 1. The lowest BCUT2D eigenvalue weighted by Gasteiger charge is -2.24. The molecule has 0 bridgehead atoms. The van der Waals surface area contributed by atoms with Crippen molar-refractivity contribution in [3.8, 4) is 5.69 Å². The number of hydrogen-bond donors (Lipinski definition) is 1. The van der Waals surface area contributed by atoms with Gasteiger partial charge in [-0.15, -0.1) is 0 Å². The minimum Gasteiger partial charge on any atom is -0.368 e. The van der Waals surface area contributed by atoms with Crippen LogP contribution in [0.3, 0.4) is 0 Å². The second-order valence-corrected chi connectivity index (χ2v) is 8.07. The van der Waals surface area contributed by atoms with Crippen LogP contribution in [0.15, 0.2) is 41.3 Å². The number of carbonyl (C=O) groups is 1. The maximum Gasteiger partial charge on any atom is 0.385 e. The number of fused-ring (bicyclic) bond motifs is 2. The van der Waals surface area contributed by atoms with E-state index in [2.05, 4.69) is 10.3 Å². The summed E-state index contributed by atoms with van der Waals surface area (Å²) in [7, 11) is 1.87. The summed E-state index contributed by atoms with van der Waals surface area (Å²) in [6, 6.07) is 5.44. The Balaban J connectivity index is 1.72. The number of aromatic nitrogens is 1. The van der Waals surface area contributed by atoms with E-state index in [9.17, 15) is 22.9 Å². The third-order valence-electron chi connectivity index (χ3n) is 6.40. The van der Waals surface area contributed by atoms with Gasteiger partial charge < -0.3 is 14.8 Å². The molecule has 1 aliphatic carbocycles. The first-order valence-electron chi connectivity index (χ1n) is 9.93. The highest BCUT2D eigenvalue weighted by molar-refractivity contribution is 5.95. The zero-order valence-corrected chi connectivity index (χ0v) is 16.7. The molecule has 3 aromatic rings. The molecular weight excluding hydrogens is 430 g/mol. The largest absolute Gasteiger partial charge is 0.385 e. The van der Waals surface area contributed by atoms with Gasteiger partial charge in [0.15, 0.2) is 0 Å². The molecule has 166 valence electrons. The minimum absolute atomic E-state index is 0.0815. The van der Waals surface area contributed by atoms with Gasteiger partial charge in [0.05, 0.1) is 16.9 Å². The predicted octanol–water partition coefficient (Wildman–Crippen LogP) is 3.10. The van der Waals surface area contributed by atoms with Crippen LogP contribution < -0.4 is 15.6 Å². The van der Waals surface area contributed by atoms with Crippen LogP contribution in [0.2, 0.25) is 0 Å². The van der Waals surface area contributed by atoms with Crippen molar-refractivity contribution in [1.29, 1.82) is 0 Å². The lowest BCUT2D eigenvalue weighted by atomic mass is 10.1. The number of halogens is 4. The highest BCUT2D eigenvalue weighted by atomic mass is 19.3. The molecule has 0 radical (unpaired) electrons. The van der Waals surface area contributed by atoms with E-state index in [-0.39, 0.29) is 22.3 Å². The van der Waals surface area contributed by atoms with Crippen LogP contribution >= 0.6 is 0 Å². The number of nitrogens with one attached hydrogen (secondary N) is 1. The second kappa shape index (κ2) is 7.33. The van der Waals surface area contributed by atoms with Crippen molar-refractivity contribution in [2.75, 3.05) is 25.0 Å². The smallest absolute Gasteiger partial charge is 0.368 e. The SMILES string of the molecule is CNC1[C@H]2CN(c3cc4c(cc3F)c(=O)c(C(=O)OF)cn4-c3ccc(F)cc3F)C[C@@H]12. The van der Waals surface area contributed by atoms with E-state index in [1.807, 2.05) is 11.9 Å². The van der Waals surface area contributed by atoms with Crippen LogP contribution in [0.1, 0.15) is 10.4 Å². The van der Waals surface area contributed by atoms with Crippen molar-refractivity contribution in [1.82, 2.24) is 9.88 Å². The Bertz CT molecular complexity index is 1310. The average Bonchev–Trinajstić information content (AvgIpc) is 3.24. The van der Waals surface area contributed by atoms with E-state index >= 15 is 4.39 Å². The van der Waals surface area contributed by atoms with E-state index in [4.69, 9.17) is 0 Å². The van der Waals surface area contributed by atoms with Gasteiger partial charge in [0.25, 0.3) is 0 Å². The average molecular weight is 447 g/mol. The molecule has 1 aliphatic heterocycles. The van der Waals surface area contributed by atoms with Crippen LogP contribution in [0.5, 0.6) is 0 Å². The first-order valence-corrected chi connectivity index (χ1v) is 9.93. The predicted molar refractivity (Wildman–Crippen MR) is 108 cm³/mol. The van der Waals surface area contributed by atoms with Crippen molar-refractivity contribution in [2.45, 2.75) is 6.04 Å². The molecular formula is C22H17F4N3O3. The third-order valence-corrected chi connectivity index (χ3v) is 6.40. The highest BCUT2D eigenvalue weighted by Crippen LogP contribution is 2.47. The molecule has 2 aliphatic rings. The third kappa shape index (κ3) is 3.05. The van der Waals surface area contributed by atoms with Gasteiger partial charge in [-0.25, -0.2) is 22.9 Å². The number of nitrogens with zero attached hydrogens (tertiary/aromatic N) is 2. The summed E-state index contributed by atoms with van der Waals surface area (Å²) in [5.74, 6) is -3.35. The van der Waals surface area contributed by atoms with Gasteiger partial charge >= 0.3 is 5.97 Å². The van der Waals surface area contributed by atoms with Crippen molar-refractivity contribution >= 4 is 22.6 Å². The molecule has 10 heteroatoms. The summed E-state index contributed by atoms with van der Waals surface area (Å²) in [5.41, 5.74) is -1.63. The van der Waals surface area contributed by atoms with Crippen LogP contribution in [0.25, 0.3) is 16.6 Å². The van der Waals surface area contributed by atoms with E-state index in [0.29, 0.717) is 37.0 Å². The molecule has 1 saturated carbocycles. The molecule has 6 nitrogen and oxygen atoms in total. The summed E-state index contributed by atoms with van der Waals surface area (Å²) < 4.78 is 56.7. The van der Waals surface area contributed by atoms with E-state index in [0.717, 1.165) is 29.0 Å². The Morgan fingerprint density at radius 1 is 1.06 bits per heavy atom. The van der Waals surface area contributed by atoms with Gasteiger partial charge in [-0.05, 0) is 43.1 Å². The molecule has 32 heavy (non-hydrogen) atoms. The number of benzene rings is 2. The highest BCUT2D eigenvalue weighted by Gasteiger charge is 2.55. The Labute approximate surface area is 178 Å².